The van der Waals surface area contributed by atoms with E-state index < -0.39 is 39.5 Å². The van der Waals surface area contributed by atoms with Crippen molar-refractivity contribution in [2.75, 3.05) is 0 Å². The molecule has 3 aromatic rings. The molecular weight excluding hydrogens is 423 g/mol. The molecule has 1 fully saturated rings. The molecule has 156 valence electrons. The Bertz CT molecular complexity index is 1200. The molecule has 1 saturated carbocycles. The van der Waals surface area contributed by atoms with Crippen LogP contribution in [-0.2, 0) is 21.0 Å². The molecule has 1 heterocycles. The largest absolute Gasteiger partial charge is 0.416 e. The zero-order valence-electron chi connectivity index (χ0n) is 15.1. The van der Waals surface area contributed by atoms with Crippen molar-refractivity contribution in [1.82, 2.24) is 24.9 Å². The van der Waals surface area contributed by atoms with Gasteiger partial charge in [0.15, 0.2) is 0 Å². The van der Waals surface area contributed by atoms with E-state index in [2.05, 4.69) is 15.5 Å². The van der Waals surface area contributed by atoms with Crippen LogP contribution < -0.4 is 4.72 Å². The molecular formula is C18H14F3N5O3S. The Morgan fingerprint density at radius 3 is 2.60 bits per heavy atom. The zero-order chi connectivity index (χ0) is 21.5. The van der Waals surface area contributed by atoms with Gasteiger partial charge in [0.1, 0.15) is 6.33 Å². The highest BCUT2D eigenvalue weighted by atomic mass is 32.2. The third-order valence-electron chi connectivity index (χ3n) is 4.77. The number of hydrogen-bond donors (Lipinski definition) is 1. The van der Waals surface area contributed by atoms with Crippen LogP contribution in [-0.4, -0.2) is 34.5 Å². The summed E-state index contributed by atoms with van der Waals surface area (Å²) < 4.78 is 68.0. The molecule has 0 aliphatic heterocycles. The molecule has 8 nitrogen and oxygen atoms in total. The molecule has 1 N–H and O–H groups in total. The number of carbonyl (C=O) groups excluding carboxylic acids is 1. The third-order valence-corrected chi connectivity index (χ3v) is 6.11. The van der Waals surface area contributed by atoms with Crippen molar-refractivity contribution in [2.45, 2.75) is 23.4 Å². The summed E-state index contributed by atoms with van der Waals surface area (Å²) in [5.74, 6) is -2.39. The van der Waals surface area contributed by atoms with Gasteiger partial charge >= 0.3 is 6.18 Å². The second kappa shape index (κ2) is 7.20. The molecule has 1 aliphatic carbocycles. The van der Waals surface area contributed by atoms with Crippen molar-refractivity contribution in [3.8, 4) is 5.69 Å². The SMILES string of the molecule is O=C(NS(=O)(=O)c1cccc(-n2cnnn2)c1)C1CC1c1ccccc1C(F)(F)F. The Hall–Kier alpha value is -3.28. The highest BCUT2D eigenvalue weighted by Gasteiger charge is 2.48. The maximum Gasteiger partial charge on any atom is 0.416 e. The van der Waals surface area contributed by atoms with Crippen molar-refractivity contribution in [1.29, 1.82) is 0 Å². The number of benzene rings is 2. The Labute approximate surface area is 168 Å². The van der Waals surface area contributed by atoms with E-state index in [-0.39, 0.29) is 16.9 Å². The van der Waals surface area contributed by atoms with Gasteiger partial charge in [-0.15, -0.1) is 5.10 Å². The number of amides is 1. The van der Waals surface area contributed by atoms with E-state index >= 15 is 0 Å². The fourth-order valence-electron chi connectivity index (χ4n) is 3.25. The molecule has 0 saturated heterocycles. The second-order valence-electron chi connectivity index (χ2n) is 6.76. The first-order chi connectivity index (χ1) is 14.2. The number of tetrazole rings is 1. The molecule has 0 spiro atoms. The van der Waals surface area contributed by atoms with Gasteiger partial charge in [-0.25, -0.2) is 17.8 Å². The van der Waals surface area contributed by atoms with Crippen LogP contribution in [0.25, 0.3) is 5.69 Å². The highest BCUT2D eigenvalue weighted by molar-refractivity contribution is 7.90. The first kappa shape index (κ1) is 20.0. The first-order valence-electron chi connectivity index (χ1n) is 8.73. The van der Waals surface area contributed by atoms with E-state index in [1.807, 2.05) is 4.72 Å². The topological polar surface area (TPSA) is 107 Å². The Balaban J connectivity index is 1.51. The monoisotopic (exact) mass is 437 g/mol. The van der Waals surface area contributed by atoms with E-state index in [1.54, 1.807) is 6.07 Å². The van der Waals surface area contributed by atoms with Gasteiger partial charge in [-0.05, 0) is 52.6 Å². The summed E-state index contributed by atoms with van der Waals surface area (Å²) in [6.45, 7) is 0. The van der Waals surface area contributed by atoms with Crippen LogP contribution in [0.2, 0.25) is 0 Å². The van der Waals surface area contributed by atoms with Crippen LogP contribution >= 0.6 is 0 Å². The lowest BCUT2D eigenvalue weighted by Crippen LogP contribution is -2.32. The quantitative estimate of drug-likeness (QED) is 0.657. The number of hydrogen-bond acceptors (Lipinski definition) is 6. The molecule has 1 amide bonds. The van der Waals surface area contributed by atoms with Gasteiger partial charge < -0.3 is 0 Å². The third kappa shape index (κ3) is 3.90. The number of carbonyl (C=O) groups is 1. The fourth-order valence-corrected chi connectivity index (χ4v) is 4.31. The van der Waals surface area contributed by atoms with Crippen LogP contribution in [0.3, 0.4) is 0 Å². The van der Waals surface area contributed by atoms with Crippen molar-refractivity contribution < 1.29 is 26.4 Å². The van der Waals surface area contributed by atoms with E-state index in [0.29, 0.717) is 5.69 Å². The highest BCUT2D eigenvalue weighted by Crippen LogP contribution is 2.51. The minimum Gasteiger partial charge on any atom is -0.274 e. The van der Waals surface area contributed by atoms with Gasteiger partial charge in [0.05, 0.1) is 16.1 Å². The van der Waals surface area contributed by atoms with Crippen LogP contribution in [0, 0.1) is 5.92 Å². The predicted octanol–water partition coefficient (Wildman–Crippen LogP) is 2.29. The summed E-state index contributed by atoms with van der Waals surface area (Å²) in [7, 11) is -4.23. The lowest BCUT2D eigenvalue weighted by atomic mass is 10.0. The number of alkyl halides is 3. The Morgan fingerprint density at radius 1 is 1.13 bits per heavy atom. The second-order valence-corrected chi connectivity index (χ2v) is 8.44. The normalized spacial score (nSPS) is 18.8. The summed E-state index contributed by atoms with van der Waals surface area (Å²) in [5.41, 5.74) is -0.468. The molecule has 2 unspecified atom stereocenters. The summed E-state index contributed by atoms with van der Waals surface area (Å²) in [5, 5.41) is 10.6. The number of halogens is 3. The standard InChI is InChI=1S/C18H14F3N5O3S/c19-18(20,21)16-7-2-1-6-13(16)14-9-15(14)17(27)23-30(28,29)12-5-3-4-11(8-12)26-10-22-24-25-26/h1-8,10,14-15H,9H2,(H,23,27). The number of sulfonamides is 1. The van der Waals surface area contributed by atoms with Crippen LogP contribution in [0.15, 0.2) is 59.8 Å². The maximum absolute atomic E-state index is 13.2. The molecule has 30 heavy (non-hydrogen) atoms. The minimum atomic E-state index is -4.55. The van der Waals surface area contributed by atoms with Crippen LogP contribution in [0.4, 0.5) is 13.2 Å². The molecule has 0 radical (unpaired) electrons. The smallest absolute Gasteiger partial charge is 0.274 e. The zero-order valence-corrected chi connectivity index (χ0v) is 15.9. The lowest BCUT2D eigenvalue weighted by molar-refractivity contribution is -0.138. The molecule has 0 bridgehead atoms. The van der Waals surface area contributed by atoms with Gasteiger partial charge in [0, 0.05) is 5.92 Å². The van der Waals surface area contributed by atoms with Gasteiger partial charge in [-0.3, -0.25) is 4.79 Å². The molecule has 1 aliphatic rings. The average molecular weight is 437 g/mol. The van der Waals surface area contributed by atoms with E-state index in [0.717, 1.165) is 6.07 Å². The van der Waals surface area contributed by atoms with Gasteiger partial charge in [-0.1, -0.05) is 24.3 Å². The van der Waals surface area contributed by atoms with Gasteiger partial charge in [0.2, 0.25) is 5.91 Å². The molecule has 2 aromatic carbocycles. The molecule has 12 heteroatoms. The maximum atomic E-state index is 13.2. The van der Waals surface area contributed by atoms with E-state index in [1.165, 1.54) is 47.4 Å². The van der Waals surface area contributed by atoms with Crippen LogP contribution in [0.5, 0.6) is 0 Å². The molecule has 4 rings (SSSR count). The molecule has 1 aromatic heterocycles. The number of nitrogens with one attached hydrogen (secondary N) is 1. The predicted molar refractivity (Wildman–Crippen MR) is 96.8 cm³/mol. The summed E-state index contributed by atoms with van der Waals surface area (Å²) in [6, 6.07) is 10.6. The Kier molecular flexibility index (Phi) is 4.80. The van der Waals surface area contributed by atoms with Crippen LogP contribution in [0.1, 0.15) is 23.5 Å². The summed E-state index contributed by atoms with van der Waals surface area (Å²) in [4.78, 5) is 12.2. The Morgan fingerprint density at radius 2 is 1.90 bits per heavy atom. The van der Waals surface area contributed by atoms with Crippen molar-refractivity contribution in [3.05, 3.63) is 66.0 Å². The average Bonchev–Trinajstić information content (AvgIpc) is 3.32. The summed E-state index contributed by atoms with van der Waals surface area (Å²) in [6.07, 6.45) is -3.14. The lowest BCUT2D eigenvalue weighted by Gasteiger charge is -2.12. The molecule has 2 atom stereocenters. The van der Waals surface area contributed by atoms with Crippen molar-refractivity contribution in [3.63, 3.8) is 0 Å². The summed E-state index contributed by atoms with van der Waals surface area (Å²) >= 11 is 0. The van der Waals surface area contributed by atoms with Gasteiger partial charge in [0.25, 0.3) is 10.0 Å². The first-order valence-corrected chi connectivity index (χ1v) is 10.2. The van der Waals surface area contributed by atoms with E-state index in [4.69, 9.17) is 0 Å². The number of aromatic nitrogens is 4. The van der Waals surface area contributed by atoms with Gasteiger partial charge in [-0.2, -0.15) is 13.2 Å². The number of nitrogens with zero attached hydrogens (tertiary/aromatic N) is 4. The van der Waals surface area contributed by atoms with Crippen molar-refractivity contribution in [2.24, 2.45) is 5.92 Å². The van der Waals surface area contributed by atoms with Crippen molar-refractivity contribution >= 4 is 15.9 Å². The number of rotatable bonds is 5. The van der Waals surface area contributed by atoms with E-state index in [9.17, 15) is 26.4 Å². The minimum absolute atomic E-state index is 0.0109. The fraction of sp³-hybridized carbons (Fsp3) is 0.222.